The van der Waals surface area contributed by atoms with Crippen LogP contribution in [0, 0.1) is 5.92 Å². The number of hydrogen-bond acceptors (Lipinski definition) is 3. The van der Waals surface area contributed by atoms with Crippen LogP contribution in [0.2, 0.25) is 0 Å². The van der Waals surface area contributed by atoms with Crippen LogP contribution in [0.15, 0.2) is 0 Å². The van der Waals surface area contributed by atoms with Crippen LogP contribution >= 0.6 is 0 Å². The molecule has 0 unspecified atom stereocenters. The van der Waals surface area contributed by atoms with E-state index in [4.69, 9.17) is 0 Å². The summed E-state index contributed by atoms with van der Waals surface area (Å²) in [6.45, 7) is 0. The van der Waals surface area contributed by atoms with Gasteiger partial charge in [-0.05, 0) is 25.7 Å². The van der Waals surface area contributed by atoms with Crippen LogP contribution in [0.4, 0.5) is 0 Å². The van der Waals surface area contributed by atoms with Gasteiger partial charge in [-0.25, -0.2) is 0 Å². The van der Waals surface area contributed by atoms with Gasteiger partial charge in [0.15, 0.2) is 0 Å². The Morgan fingerprint density at radius 1 is 0.875 bits per heavy atom. The zero-order valence-electron chi connectivity index (χ0n) is 8.91. The maximum Gasteiger partial charge on any atom is 0.327 e. The van der Waals surface area contributed by atoms with E-state index >= 15 is 0 Å². The van der Waals surface area contributed by atoms with Crippen molar-refractivity contribution in [3.63, 3.8) is 0 Å². The normalized spacial score (nSPS) is 19.5. The Labute approximate surface area is 93.1 Å². The average molecular weight is 225 g/mol. The van der Waals surface area contributed by atoms with Crippen molar-refractivity contribution in [3.05, 3.63) is 0 Å². The first kappa shape index (κ1) is 10.9. The lowest BCUT2D eigenvalue weighted by molar-refractivity contribution is -0.141. The van der Waals surface area contributed by atoms with Crippen LogP contribution in [0.5, 0.6) is 0 Å². The maximum absolute atomic E-state index is 11.3. The smallest absolute Gasteiger partial charge is 0.327 e. The molecule has 0 heterocycles. The Morgan fingerprint density at radius 3 is 2.06 bits per heavy atom. The van der Waals surface area contributed by atoms with Gasteiger partial charge in [0, 0.05) is 12.0 Å². The molecule has 88 valence electrons. The van der Waals surface area contributed by atoms with E-state index in [0.717, 1.165) is 32.1 Å². The van der Waals surface area contributed by atoms with E-state index in [1.54, 1.807) is 0 Å². The van der Waals surface area contributed by atoms with Crippen molar-refractivity contribution in [2.75, 3.05) is 0 Å². The summed E-state index contributed by atoms with van der Waals surface area (Å²) in [6, 6.07) is 0.139. The summed E-state index contributed by atoms with van der Waals surface area (Å²) in [5.74, 6) is -1.71. The lowest BCUT2D eigenvalue weighted by Crippen LogP contribution is -2.51. The molecule has 0 aromatic carbocycles. The van der Waals surface area contributed by atoms with Gasteiger partial charge >= 0.3 is 11.8 Å². The molecule has 0 bridgehead atoms. The second kappa shape index (κ2) is 4.51. The highest BCUT2D eigenvalue weighted by atomic mass is 16.2. The highest BCUT2D eigenvalue weighted by Crippen LogP contribution is 2.25. The number of hydrogen-bond donors (Lipinski definition) is 3. The number of nitrogens with one attached hydrogen (secondary N) is 3. The summed E-state index contributed by atoms with van der Waals surface area (Å²) in [6.07, 6.45) is 4.61. The van der Waals surface area contributed by atoms with E-state index < -0.39 is 11.8 Å². The molecule has 3 amide bonds. The van der Waals surface area contributed by atoms with Gasteiger partial charge in [0.1, 0.15) is 0 Å². The zero-order chi connectivity index (χ0) is 11.5. The SMILES string of the molecule is O=C(NNC(=O)C1CCC1)C(=O)NC1CC1. The third-order valence-corrected chi connectivity index (χ3v) is 2.89. The molecule has 6 heteroatoms. The van der Waals surface area contributed by atoms with Crippen molar-refractivity contribution in [1.29, 1.82) is 0 Å². The molecule has 3 N–H and O–H groups in total. The van der Waals surface area contributed by atoms with Gasteiger partial charge in [-0.1, -0.05) is 6.42 Å². The molecule has 2 aliphatic rings. The van der Waals surface area contributed by atoms with Gasteiger partial charge < -0.3 is 5.32 Å². The fraction of sp³-hybridized carbons (Fsp3) is 0.700. The fourth-order valence-corrected chi connectivity index (χ4v) is 1.43. The zero-order valence-corrected chi connectivity index (χ0v) is 8.91. The molecule has 0 aromatic rings. The Hall–Kier alpha value is -1.59. The molecule has 0 radical (unpaired) electrons. The van der Waals surface area contributed by atoms with Gasteiger partial charge in [-0.15, -0.1) is 0 Å². The molecule has 2 aliphatic carbocycles. The van der Waals surface area contributed by atoms with Gasteiger partial charge in [-0.3, -0.25) is 25.2 Å². The minimum atomic E-state index is -0.806. The predicted octanol–water partition coefficient (Wildman–Crippen LogP) is -0.788. The Kier molecular flexibility index (Phi) is 3.07. The Bertz CT molecular complexity index is 321. The largest absolute Gasteiger partial charge is 0.345 e. The number of carbonyl (C=O) groups excluding carboxylic acids is 3. The van der Waals surface area contributed by atoms with Crippen molar-refractivity contribution < 1.29 is 14.4 Å². The Balaban J connectivity index is 1.65. The first-order chi connectivity index (χ1) is 7.66. The molecule has 2 rings (SSSR count). The van der Waals surface area contributed by atoms with Crippen LogP contribution in [0.25, 0.3) is 0 Å². The third kappa shape index (κ3) is 2.71. The summed E-state index contributed by atoms with van der Waals surface area (Å²) in [5, 5.41) is 2.53. The molecular formula is C10H15N3O3. The topological polar surface area (TPSA) is 87.3 Å². The standard InChI is InChI=1S/C10H15N3O3/c14-8(6-2-1-3-6)12-13-10(16)9(15)11-7-4-5-7/h6-7H,1-5H2,(H,11,15)(H,12,14)(H,13,16). The van der Waals surface area contributed by atoms with Crippen molar-refractivity contribution in [2.24, 2.45) is 5.92 Å². The monoisotopic (exact) mass is 225 g/mol. The molecule has 0 saturated heterocycles. The molecule has 2 fully saturated rings. The predicted molar refractivity (Wildman–Crippen MR) is 54.8 cm³/mol. The van der Waals surface area contributed by atoms with E-state index in [-0.39, 0.29) is 17.9 Å². The van der Waals surface area contributed by atoms with Crippen LogP contribution in [-0.2, 0) is 14.4 Å². The highest BCUT2D eigenvalue weighted by molar-refractivity contribution is 6.35. The van der Waals surface area contributed by atoms with E-state index in [1.807, 2.05) is 0 Å². The van der Waals surface area contributed by atoms with Crippen molar-refractivity contribution in [2.45, 2.75) is 38.1 Å². The number of hydrazine groups is 1. The Morgan fingerprint density at radius 2 is 1.56 bits per heavy atom. The quantitative estimate of drug-likeness (QED) is 0.425. The van der Waals surface area contributed by atoms with E-state index in [0.29, 0.717) is 0 Å². The molecule has 16 heavy (non-hydrogen) atoms. The minimum Gasteiger partial charge on any atom is -0.345 e. The molecule has 2 saturated carbocycles. The second-order valence-corrected chi connectivity index (χ2v) is 4.32. The van der Waals surface area contributed by atoms with Crippen molar-refractivity contribution >= 4 is 17.7 Å². The molecule has 0 aliphatic heterocycles. The lowest BCUT2D eigenvalue weighted by Gasteiger charge is -2.23. The van der Waals surface area contributed by atoms with Gasteiger partial charge in [0.05, 0.1) is 0 Å². The lowest BCUT2D eigenvalue weighted by atomic mass is 9.85. The van der Waals surface area contributed by atoms with Gasteiger partial charge in [-0.2, -0.15) is 0 Å². The van der Waals surface area contributed by atoms with Crippen molar-refractivity contribution in [3.8, 4) is 0 Å². The first-order valence-electron chi connectivity index (χ1n) is 5.57. The van der Waals surface area contributed by atoms with Crippen LogP contribution < -0.4 is 16.2 Å². The average Bonchev–Trinajstić information content (AvgIpc) is 2.95. The summed E-state index contributed by atoms with van der Waals surface area (Å²) in [7, 11) is 0. The number of carbonyl (C=O) groups is 3. The first-order valence-corrected chi connectivity index (χ1v) is 5.57. The van der Waals surface area contributed by atoms with Crippen LogP contribution in [0.3, 0.4) is 0 Å². The second-order valence-electron chi connectivity index (χ2n) is 4.32. The van der Waals surface area contributed by atoms with Crippen LogP contribution in [-0.4, -0.2) is 23.8 Å². The fourth-order valence-electron chi connectivity index (χ4n) is 1.43. The molecular weight excluding hydrogens is 210 g/mol. The number of amides is 3. The van der Waals surface area contributed by atoms with Crippen molar-refractivity contribution in [1.82, 2.24) is 16.2 Å². The summed E-state index contributed by atoms with van der Waals surface area (Å²) in [5.41, 5.74) is 4.37. The van der Waals surface area contributed by atoms with E-state index in [1.165, 1.54) is 0 Å². The van der Waals surface area contributed by atoms with E-state index in [2.05, 4.69) is 16.2 Å². The number of rotatable bonds is 2. The molecule has 0 aromatic heterocycles. The maximum atomic E-state index is 11.3. The van der Waals surface area contributed by atoms with Gasteiger partial charge in [0.2, 0.25) is 5.91 Å². The summed E-state index contributed by atoms with van der Waals surface area (Å²) >= 11 is 0. The molecule has 6 nitrogen and oxygen atoms in total. The molecule has 0 atom stereocenters. The summed E-state index contributed by atoms with van der Waals surface area (Å²) < 4.78 is 0. The summed E-state index contributed by atoms with van der Waals surface area (Å²) in [4.78, 5) is 33.7. The highest BCUT2D eigenvalue weighted by Gasteiger charge is 2.28. The van der Waals surface area contributed by atoms with Gasteiger partial charge in [0.25, 0.3) is 0 Å². The van der Waals surface area contributed by atoms with Crippen LogP contribution in [0.1, 0.15) is 32.1 Å². The molecule has 0 spiro atoms. The third-order valence-electron chi connectivity index (χ3n) is 2.89. The van der Waals surface area contributed by atoms with E-state index in [9.17, 15) is 14.4 Å². The minimum absolute atomic E-state index is 0.00760.